The predicted octanol–water partition coefficient (Wildman–Crippen LogP) is 4.37. The summed E-state index contributed by atoms with van der Waals surface area (Å²) in [7, 11) is 0. The Balaban J connectivity index is 1.80. The Morgan fingerprint density at radius 1 is 1.36 bits per heavy atom. The molecule has 1 aromatic carbocycles. The molecule has 0 unspecified atom stereocenters. The average Bonchev–Trinajstić information content (AvgIpc) is 2.59. The minimum absolute atomic E-state index is 0.396. The first-order chi connectivity index (χ1) is 11.9. The van der Waals surface area contributed by atoms with Gasteiger partial charge in [-0.25, -0.2) is 4.98 Å². The van der Waals surface area contributed by atoms with Crippen LogP contribution in [0, 0.1) is 12.5 Å². The van der Waals surface area contributed by atoms with Gasteiger partial charge in [-0.2, -0.15) is 0 Å². The summed E-state index contributed by atoms with van der Waals surface area (Å²) >= 11 is 0. The fraction of sp³-hybridized carbons (Fsp3) is 0.400. The van der Waals surface area contributed by atoms with Crippen LogP contribution in [-0.4, -0.2) is 17.1 Å². The third-order valence-electron chi connectivity index (χ3n) is 4.38. The van der Waals surface area contributed by atoms with E-state index in [1.54, 1.807) is 6.20 Å². The monoisotopic (exact) mass is 338 g/mol. The van der Waals surface area contributed by atoms with E-state index in [0.717, 1.165) is 28.9 Å². The molecule has 2 heterocycles. The molecule has 5 heteroatoms. The van der Waals surface area contributed by atoms with Crippen molar-refractivity contribution in [2.45, 2.75) is 39.3 Å². The first-order valence-corrected chi connectivity index (χ1v) is 8.47. The number of fused-ring (bicyclic) bond motifs is 3. The van der Waals surface area contributed by atoms with Crippen molar-refractivity contribution in [3.05, 3.63) is 40.9 Å². The Morgan fingerprint density at radius 2 is 2.16 bits per heavy atom. The zero-order valence-electron chi connectivity index (χ0n) is 15.0. The third-order valence-corrected chi connectivity index (χ3v) is 4.38. The molecule has 1 aromatic heterocycles. The number of aromatic nitrogens is 1. The highest BCUT2D eigenvalue weighted by molar-refractivity contribution is 5.79. The van der Waals surface area contributed by atoms with Gasteiger partial charge in [0, 0.05) is 30.7 Å². The summed E-state index contributed by atoms with van der Waals surface area (Å²) in [5, 5.41) is 0. The molecule has 25 heavy (non-hydrogen) atoms. The van der Waals surface area contributed by atoms with E-state index in [0.29, 0.717) is 30.7 Å². The molecule has 1 aliphatic heterocycles. The minimum Gasteiger partial charge on any atom is -0.485 e. The molecule has 130 valence electrons. The lowest BCUT2D eigenvalue weighted by Crippen LogP contribution is -2.30. The van der Waals surface area contributed by atoms with Gasteiger partial charge >= 0.3 is 5.54 Å². The number of anilines is 1. The molecular formula is C20H24N3O2+. The zero-order chi connectivity index (χ0) is 18.0. The average molecular weight is 338 g/mol. The van der Waals surface area contributed by atoms with E-state index in [2.05, 4.69) is 23.7 Å². The van der Waals surface area contributed by atoms with Gasteiger partial charge in [0.25, 0.3) is 6.57 Å². The molecule has 2 N–H and O–H groups in total. The zero-order valence-corrected chi connectivity index (χ0v) is 15.0. The van der Waals surface area contributed by atoms with Gasteiger partial charge in [-0.1, -0.05) is 24.8 Å². The molecule has 0 amide bonds. The van der Waals surface area contributed by atoms with Crippen LogP contribution < -0.4 is 15.2 Å². The number of nitrogen functional groups attached to an aromatic ring is 1. The molecule has 0 saturated carbocycles. The van der Waals surface area contributed by atoms with Gasteiger partial charge in [0.1, 0.15) is 12.4 Å². The molecule has 0 fully saturated rings. The van der Waals surface area contributed by atoms with Crippen molar-refractivity contribution in [2.75, 3.05) is 12.3 Å². The molecule has 3 rings (SSSR count). The van der Waals surface area contributed by atoms with E-state index >= 15 is 0 Å². The first-order valence-electron chi connectivity index (χ1n) is 8.47. The molecule has 1 aliphatic rings. The number of pyridine rings is 1. The number of ether oxygens (including phenoxy) is 2. The largest absolute Gasteiger partial charge is 0.485 e. The number of nitrogens with two attached hydrogens (primary N) is 1. The summed E-state index contributed by atoms with van der Waals surface area (Å²) in [4.78, 5) is 8.11. The van der Waals surface area contributed by atoms with Gasteiger partial charge in [-0.15, -0.1) is 0 Å². The lowest BCUT2D eigenvalue weighted by atomic mass is 9.92. The van der Waals surface area contributed by atoms with Gasteiger partial charge < -0.3 is 15.2 Å². The Bertz CT molecular complexity index is 826. The molecule has 0 saturated heterocycles. The molecule has 0 bridgehead atoms. The number of rotatable bonds is 5. The van der Waals surface area contributed by atoms with Crippen LogP contribution in [0.2, 0.25) is 0 Å². The number of benzene rings is 1. The van der Waals surface area contributed by atoms with E-state index < -0.39 is 5.54 Å². The van der Waals surface area contributed by atoms with Crippen molar-refractivity contribution in [1.82, 2.24) is 4.98 Å². The highest BCUT2D eigenvalue weighted by atomic mass is 16.5. The second-order valence-electron chi connectivity index (χ2n) is 7.19. The van der Waals surface area contributed by atoms with Crippen LogP contribution in [0.15, 0.2) is 30.5 Å². The van der Waals surface area contributed by atoms with Crippen molar-refractivity contribution in [2.24, 2.45) is 5.92 Å². The van der Waals surface area contributed by atoms with Crippen molar-refractivity contribution in [3.8, 4) is 29.2 Å². The van der Waals surface area contributed by atoms with E-state index in [1.807, 2.05) is 31.2 Å². The predicted molar refractivity (Wildman–Crippen MR) is 100 cm³/mol. The normalized spacial score (nSPS) is 14.7. The summed E-state index contributed by atoms with van der Waals surface area (Å²) in [5.74, 6) is 2.34. The van der Waals surface area contributed by atoms with Gasteiger partial charge in [0.15, 0.2) is 18.2 Å². The molecule has 0 spiro atoms. The Hall–Kier alpha value is -2.74. The lowest BCUT2D eigenvalue weighted by molar-refractivity contribution is 0.233. The second-order valence-corrected chi connectivity index (χ2v) is 7.19. The van der Waals surface area contributed by atoms with Crippen molar-refractivity contribution < 1.29 is 9.47 Å². The Kier molecular flexibility index (Phi) is 4.54. The van der Waals surface area contributed by atoms with Crippen LogP contribution in [-0.2, 0) is 6.61 Å². The maximum absolute atomic E-state index is 5.97. The smallest absolute Gasteiger partial charge is 0.311 e. The van der Waals surface area contributed by atoms with E-state index in [-0.39, 0.29) is 0 Å². The summed E-state index contributed by atoms with van der Waals surface area (Å²) in [6.45, 7) is 12.8. The summed E-state index contributed by atoms with van der Waals surface area (Å²) < 4.78 is 11.7. The molecule has 2 aromatic rings. The highest BCUT2D eigenvalue weighted by Gasteiger charge is 2.36. The van der Waals surface area contributed by atoms with Crippen LogP contribution in [0.25, 0.3) is 16.0 Å². The summed E-state index contributed by atoms with van der Waals surface area (Å²) in [6, 6.07) is 7.90. The fourth-order valence-corrected chi connectivity index (χ4v) is 3.29. The van der Waals surface area contributed by atoms with Gasteiger partial charge in [-0.05, 0) is 29.7 Å². The number of hydrogen-bond donors (Lipinski definition) is 1. The van der Waals surface area contributed by atoms with Crippen LogP contribution in [0.5, 0.6) is 11.5 Å². The van der Waals surface area contributed by atoms with Gasteiger partial charge in [0.05, 0.1) is 0 Å². The fourth-order valence-electron chi connectivity index (χ4n) is 3.29. The summed E-state index contributed by atoms with van der Waals surface area (Å²) in [6.07, 6.45) is 2.56. The van der Waals surface area contributed by atoms with Crippen LogP contribution in [0.3, 0.4) is 0 Å². The molecular weight excluding hydrogens is 314 g/mol. The maximum Gasteiger partial charge on any atom is 0.311 e. The van der Waals surface area contributed by atoms with Crippen LogP contribution in [0.1, 0.15) is 32.8 Å². The third kappa shape index (κ3) is 3.53. The first kappa shape index (κ1) is 17.1. The van der Waals surface area contributed by atoms with E-state index in [1.165, 1.54) is 0 Å². The second kappa shape index (κ2) is 6.64. The van der Waals surface area contributed by atoms with Crippen LogP contribution >= 0.6 is 0 Å². The van der Waals surface area contributed by atoms with E-state index in [4.69, 9.17) is 21.8 Å². The quantitative estimate of drug-likeness (QED) is 0.879. The topological polar surface area (TPSA) is 61.7 Å². The van der Waals surface area contributed by atoms with Gasteiger partial charge in [-0.3, -0.25) is 0 Å². The molecule has 0 aliphatic carbocycles. The maximum atomic E-state index is 5.97. The Morgan fingerprint density at radius 3 is 2.88 bits per heavy atom. The van der Waals surface area contributed by atoms with Crippen molar-refractivity contribution >= 4 is 5.82 Å². The van der Waals surface area contributed by atoms with Crippen LogP contribution in [0.4, 0.5) is 5.82 Å². The van der Waals surface area contributed by atoms with E-state index in [9.17, 15) is 0 Å². The summed E-state index contributed by atoms with van der Waals surface area (Å²) in [5.41, 5.74) is 8.62. The molecule has 5 nitrogen and oxygen atoms in total. The number of nitrogens with zero attached hydrogens (tertiary/aromatic N) is 2. The van der Waals surface area contributed by atoms with Gasteiger partial charge in [0.2, 0.25) is 0 Å². The molecule has 1 atom stereocenters. The molecule has 0 radical (unpaired) electrons. The lowest BCUT2D eigenvalue weighted by Gasteiger charge is -2.22. The van der Waals surface area contributed by atoms with Crippen molar-refractivity contribution in [3.63, 3.8) is 0 Å². The SMILES string of the molecule is C#[N+][C@](C)(COc1ccc2c(c1)COc1c-2ccnc1N)CC(C)C. The minimum atomic E-state index is -0.396. The number of hydrogen-bond acceptors (Lipinski definition) is 4. The standard InChI is InChI=1S/C20H24N3O2/c1-13(2)10-20(3,22-4)12-25-15-5-6-16-14(9-15)11-24-18-17(16)7-8-23-19(18)21/h4-9,13H,10-12H2,1-3H3,(H2,21,23)/q+1/t20-/m0/s1. The highest BCUT2D eigenvalue weighted by Crippen LogP contribution is 2.41. The Labute approximate surface area is 148 Å². The van der Waals surface area contributed by atoms with Crippen molar-refractivity contribution in [1.29, 1.82) is 0 Å².